The SMILES string of the molecule is NCCCOc1ccc(S(=O)(=O)N2CCCC2)cc1. The van der Waals surface area contributed by atoms with Crippen LogP contribution in [0.2, 0.25) is 0 Å². The molecule has 1 heterocycles. The van der Waals surface area contributed by atoms with E-state index in [9.17, 15) is 8.42 Å². The molecule has 0 amide bonds. The van der Waals surface area contributed by atoms with Crippen molar-refractivity contribution in [1.29, 1.82) is 0 Å². The van der Waals surface area contributed by atoms with E-state index in [1.165, 1.54) is 4.31 Å². The number of hydrogen-bond donors (Lipinski definition) is 1. The average molecular weight is 284 g/mol. The largest absolute Gasteiger partial charge is 0.494 e. The molecule has 2 rings (SSSR count). The quantitative estimate of drug-likeness (QED) is 0.797. The summed E-state index contributed by atoms with van der Waals surface area (Å²) in [6.07, 6.45) is 2.67. The lowest BCUT2D eigenvalue weighted by Gasteiger charge is -2.15. The maximum atomic E-state index is 12.3. The Morgan fingerprint density at radius 1 is 1.16 bits per heavy atom. The lowest BCUT2D eigenvalue weighted by molar-refractivity contribution is 0.313. The van der Waals surface area contributed by atoms with Crippen LogP contribution in [0.25, 0.3) is 0 Å². The fraction of sp³-hybridized carbons (Fsp3) is 0.538. The van der Waals surface area contributed by atoms with E-state index in [1.54, 1.807) is 24.3 Å². The zero-order chi connectivity index (χ0) is 13.7. The van der Waals surface area contributed by atoms with Crippen molar-refractivity contribution in [3.63, 3.8) is 0 Å². The van der Waals surface area contributed by atoms with Gasteiger partial charge in [-0.25, -0.2) is 8.42 Å². The van der Waals surface area contributed by atoms with Crippen LogP contribution >= 0.6 is 0 Å². The highest BCUT2D eigenvalue weighted by Crippen LogP contribution is 2.22. The van der Waals surface area contributed by atoms with Crippen LogP contribution in [0, 0.1) is 0 Å². The second kappa shape index (κ2) is 6.36. The topological polar surface area (TPSA) is 72.6 Å². The number of nitrogens with two attached hydrogens (primary N) is 1. The van der Waals surface area contributed by atoms with Crippen LogP contribution in [0.15, 0.2) is 29.2 Å². The van der Waals surface area contributed by atoms with Gasteiger partial charge in [0.05, 0.1) is 11.5 Å². The lowest BCUT2D eigenvalue weighted by atomic mass is 10.3. The van der Waals surface area contributed by atoms with E-state index >= 15 is 0 Å². The van der Waals surface area contributed by atoms with Gasteiger partial charge in [0.1, 0.15) is 5.75 Å². The molecular weight excluding hydrogens is 264 g/mol. The van der Waals surface area contributed by atoms with Crippen molar-refractivity contribution in [3.05, 3.63) is 24.3 Å². The predicted molar refractivity (Wildman–Crippen MR) is 73.6 cm³/mol. The molecular formula is C13H20N2O3S. The molecule has 0 aromatic heterocycles. The van der Waals surface area contributed by atoms with Crippen LogP contribution in [0.1, 0.15) is 19.3 Å². The van der Waals surface area contributed by atoms with E-state index < -0.39 is 10.0 Å². The Kier molecular flexibility index (Phi) is 4.79. The minimum atomic E-state index is -3.32. The maximum absolute atomic E-state index is 12.3. The molecule has 1 aliphatic rings. The van der Waals surface area contributed by atoms with Gasteiger partial charge in [-0.3, -0.25) is 0 Å². The summed E-state index contributed by atoms with van der Waals surface area (Å²) in [5, 5.41) is 0. The summed E-state index contributed by atoms with van der Waals surface area (Å²) in [7, 11) is -3.32. The van der Waals surface area contributed by atoms with E-state index in [-0.39, 0.29) is 0 Å². The van der Waals surface area contributed by atoms with Crippen LogP contribution < -0.4 is 10.5 Å². The van der Waals surface area contributed by atoms with E-state index in [4.69, 9.17) is 10.5 Å². The Morgan fingerprint density at radius 2 is 1.79 bits per heavy atom. The number of sulfonamides is 1. The minimum Gasteiger partial charge on any atom is -0.494 e. The molecule has 1 aromatic carbocycles. The van der Waals surface area contributed by atoms with Gasteiger partial charge in [-0.15, -0.1) is 0 Å². The van der Waals surface area contributed by atoms with Gasteiger partial charge in [0.15, 0.2) is 0 Å². The molecule has 6 heteroatoms. The fourth-order valence-electron chi connectivity index (χ4n) is 2.06. The Hall–Kier alpha value is -1.11. The highest BCUT2D eigenvalue weighted by molar-refractivity contribution is 7.89. The second-order valence-electron chi connectivity index (χ2n) is 4.57. The smallest absolute Gasteiger partial charge is 0.243 e. The van der Waals surface area contributed by atoms with Gasteiger partial charge in [-0.2, -0.15) is 4.31 Å². The molecule has 5 nitrogen and oxygen atoms in total. The average Bonchev–Trinajstić information content (AvgIpc) is 2.94. The molecule has 0 saturated carbocycles. The van der Waals surface area contributed by atoms with Crippen LogP contribution in [0.3, 0.4) is 0 Å². The number of benzene rings is 1. The van der Waals surface area contributed by atoms with Gasteiger partial charge in [-0.1, -0.05) is 0 Å². The first-order valence-corrected chi connectivity index (χ1v) is 8.01. The van der Waals surface area contributed by atoms with Crippen molar-refractivity contribution in [2.24, 2.45) is 5.73 Å². The van der Waals surface area contributed by atoms with Crippen molar-refractivity contribution >= 4 is 10.0 Å². The minimum absolute atomic E-state index is 0.334. The summed E-state index contributed by atoms with van der Waals surface area (Å²) in [6, 6.07) is 6.59. The monoisotopic (exact) mass is 284 g/mol. The molecule has 0 unspecified atom stereocenters. The summed E-state index contributed by atoms with van der Waals surface area (Å²) in [6.45, 7) is 2.38. The Labute approximate surface area is 114 Å². The third kappa shape index (κ3) is 3.46. The molecule has 106 valence electrons. The van der Waals surface area contributed by atoms with Gasteiger partial charge in [0, 0.05) is 13.1 Å². The Morgan fingerprint density at radius 3 is 2.37 bits per heavy atom. The molecule has 19 heavy (non-hydrogen) atoms. The molecule has 1 aromatic rings. The molecule has 0 spiro atoms. The predicted octanol–water partition coefficient (Wildman–Crippen LogP) is 1.20. The standard InChI is InChI=1S/C13H20N2O3S/c14-8-3-11-18-12-4-6-13(7-5-12)19(16,17)15-9-1-2-10-15/h4-7H,1-3,8-11,14H2. The fourth-order valence-corrected chi connectivity index (χ4v) is 3.58. The van der Waals surface area contributed by atoms with Crippen molar-refractivity contribution in [2.45, 2.75) is 24.2 Å². The van der Waals surface area contributed by atoms with E-state index in [0.29, 0.717) is 36.9 Å². The van der Waals surface area contributed by atoms with Crippen LogP contribution in [-0.4, -0.2) is 39.0 Å². The summed E-state index contributed by atoms with van der Waals surface area (Å²) in [5.41, 5.74) is 5.38. The van der Waals surface area contributed by atoms with Crippen LogP contribution in [0.5, 0.6) is 5.75 Å². The third-order valence-corrected chi connectivity index (χ3v) is 5.06. The zero-order valence-electron chi connectivity index (χ0n) is 10.9. The number of hydrogen-bond acceptors (Lipinski definition) is 4. The Balaban J connectivity index is 2.05. The Bertz CT molecular complexity index is 493. The van der Waals surface area contributed by atoms with E-state index in [2.05, 4.69) is 0 Å². The van der Waals surface area contributed by atoms with Gasteiger partial charge >= 0.3 is 0 Å². The summed E-state index contributed by atoms with van der Waals surface area (Å²) >= 11 is 0. The molecule has 1 aliphatic heterocycles. The normalized spacial score (nSPS) is 16.7. The molecule has 0 bridgehead atoms. The molecule has 0 radical (unpaired) electrons. The molecule has 0 atom stereocenters. The summed E-state index contributed by atoms with van der Waals surface area (Å²) < 4.78 is 31.5. The first-order chi connectivity index (χ1) is 9.14. The number of ether oxygens (including phenoxy) is 1. The molecule has 2 N–H and O–H groups in total. The van der Waals surface area contributed by atoms with Gasteiger partial charge in [-0.05, 0) is 50.1 Å². The van der Waals surface area contributed by atoms with Crippen molar-refractivity contribution in [2.75, 3.05) is 26.2 Å². The van der Waals surface area contributed by atoms with Crippen LogP contribution in [0.4, 0.5) is 0 Å². The maximum Gasteiger partial charge on any atom is 0.243 e. The second-order valence-corrected chi connectivity index (χ2v) is 6.51. The van der Waals surface area contributed by atoms with Crippen molar-refractivity contribution in [3.8, 4) is 5.75 Å². The number of rotatable bonds is 6. The zero-order valence-corrected chi connectivity index (χ0v) is 11.7. The van der Waals surface area contributed by atoms with Gasteiger partial charge in [0.25, 0.3) is 0 Å². The van der Waals surface area contributed by atoms with E-state index in [0.717, 1.165) is 19.3 Å². The van der Waals surface area contributed by atoms with Crippen molar-refractivity contribution in [1.82, 2.24) is 4.31 Å². The summed E-state index contributed by atoms with van der Waals surface area (Å²) in [4.78, 5) is 0.334. The van der Waals surface area contributed by atoms with Gasteiger partial charge in [0.2, 0.25) is 10.0 Å². The highest BCUT2D eigenvalue weighted by Gasteiger charge is 2.26. The third-order valence-electron chi connectivity index (χ3n) is 3.14. The number of nitrogens with zero attached hydrogens (tertiary/aromatic N) is 1. The van der Waals surface area contributed by atoms with Gasteiger partial charge < -0.3 is 10.5 Å². The van der Waals surface area contributed by atoms with E-state index in [1.807, 2.05) is 0 Å². The molecule has 1 fully saturated rings. The highest BCUT2D eigenvalue weighted by atomic mass is 32.2. The lowest BCUT2D eigenvalue weighted by Crippen LogP contribution is -2.27. The summed E-state index contributed by atoms with van der Waals surface area (Å²) in [5.74, 6) is 0.675. The first-order valence-electron chi connectivity index (χ1n) is 6.57. The van der Waals surface area contributed by atoms with Crippen molar-refractivity contribution < 1.29 is 13.2 Å². The molecule has 0 aliphatic carbocycles. The van der Waals surface area contributed by atoms with Crippen LogP contribution in [-0.2, 0) is 10.0 Å². The first kappa shape index (κ1) is 14.3. The molecule has 1 saturated heterocycles.